The van der Waals surface area contributed by atoms with Crippen molar-refractivity contribution in [2.75, 3.05) is 30.9 Å². The van der Waals surface area contributed by atoms with E-state index in [9.17, 15) is 4.79 Å². The van der Waals surface area contributed by atoms with Gasteiger partial charge >= 0.3 is 0 Å². The van der Waals surface area contributed by atoms with E-state index in [-0.39, 0.29) is 11.8 Å². The number of carbonyl (C=O) groups is 1. The largest absolute Gasteiger partial charge is 0.493 e. The van der Waals surface area contributed by atoms with Crippen LogP contribution in [-0.4, -0.2) is 32.1 Å². The van der Waals surface area contributed by atoms with Gasteiger partial charge in [-0.05, 0) is 43.7 Å². The molecule has 0 saturated carbocycles. The molecule has 0 spiro atoms. The second kappa shape index (κ2) is 11.7. The average molecular weight is 413 g/mol. The summed E-state index contributed by atoms with van der Waals surface area (Å²) in [6.07, 6.45) is 0. The molecule has 7 heteroatoms. The van der Waals surface area contributed by atoms with Crippen LogP contribution in [0.5, 0.6) is 11.5 Å². The molecule has 0 atom stereocenters. The molecule has 0 saturated heterocycles. The summed E-state index contributed by atoms with van der Waals surface area (Å²) in [6, 6.07) is 13.4. The lowest BCUT2D eigenvalue weighted by Crippen LogP contribution is -2.30. The molecule has 7 nitrogen and oxygen atoms in total. The van der Waals surface area contributed by atoms with Crippen LogP contribution in [0.3, 0.4) is 0 Å². The maximum Gasteiger partial charge on any atom is 0.226 e. The minimum Gasteiger partial charge on any atom is -0.493 e. The van der Waals surface area contributed by atoms with Gasteiger partial charge in [-0.25, -0.2) is 4.99 Å². The van der Waals surface area contributed by atoms with Crippen LogP contribution >= 0.6 is 0 Å². The number of ether oxygens (including phenoxy) is 2. The number of carbonyl (C=O) groups excluding carboxylic acids is 1. The van der Waals surface area contributed by atoms with Gasteiger partial charge in [-0.2, -0.15) is 0 Å². The minimum atomic E-state index is -0.0516. The molecule has 3 N–H and O–H groups in total. The first-order valence-corrected chi connectivity index (χ1v) is 10.2. The molecule has 2 rings (SSSR count). The molecule has 0 aliphatic rings. The molecular weight excluding hydrogens is 380 g/mol. The molecule has 2 aromatic rings. The highest BCUT2D eigenvalue weighted by molar-refractivity contribution is 5.94. The number of hydrogen-bond donors (Lipinski definition) is 3. The lowest BCUT2D eigenvalue weighted by atomic mass is 10.2. The maximum atomic E-state index is 11.8. The first-order valence-electron chi connectivity index (χ1n) is 10.2. The molecule has 0 heterocycles. The van der Waals surface area contributed by atoms with Crippen molar-refractivity contribution in [2.45, 2.75) is 34.2 Å². The SMILES string of the molecule is CCNC(=NCc1ccc(NC(=O)C(C)C)cc1)Nc1ccc(OCC)c(OC)c1. The molecule has 0 aliphatic heterocycles. The van der Waals surface area contributed by atoms with Crippen LogP contribution in [0.25, 0.3) is 0 Å². The molecule has 0 aliphatic carbocycles. The first-order chi connectivity index (χ1) is 14.5. The van der Waals surface area contributed by atoms with Gasteiger partial charge in [0.25, 0.3) is 0 Å². The number of amides is 1. The molecule has 162 valence electrons. The van der Waals surface area contributed by atoms with Crippen LogP contribution in [0.15, 0.2) is 47.5 Å². The van der Waals surface area contributed by atoms with Gasteiger partial charge in [0.1, 0.15) is 0 Å². The zero-order valence-corrected chi connectivity index (χ0v) is 18.4. The second-order valence-corrected chi connectivity index (χ2v) is 6.96. The molecular formula is C23H32N4O3. The Morgan fingerprint density at radius 2 is 1.70 bits per heavy atom. The van der Waals surface area contributed by atoms with E-state index in [1.165, 1.54) is 0 Å². The highest BCUT2D eigenvalue weighted by atomic mass is 16.5. The molecule has 0 aromatic heterocycles. The van der Waals surface area contributed by atoms with Crippen molar-refractivity contribution in [3.05, 3.63) is 48.0 Å². The van der Waals surface area contributed by atoms with Crippen molar-refractivity contribution in [1.82, 2.24) is 5.32 Å². The lowest BCUT2D eigenvalue weighted by Gasteiger charge is -2.14. The normalized spacial score (nSPS) is 11.2. The van der Waals surface area contributed by atoms with Gasteiger partial charge in [0.2, 0.25) is 5.91 Å². The monoisotopic (exact) mass is 412 g/mol. The summed E-state index contributed by atoms with van der Waals surface area (Å²) in [5.41, 5.74) is 2.67. The van der Waals surface area contributed by atoms with Gasteiger partial charge in [-0.1, -0.05) is 26.0 Å². The number of aliphatic imine (C=N–C) groups is 1. The van der Waals surface area contributed by atoms with E-state index in [1.807, 2.05) is 70.2 Å². The summed E-state index contributed by atoms with van der Waals surface area (Å²) in [5.74, 6) is 1.99. The Morgan fingerprint density at radius 3 is 2.30 bits per heavy atom. The Kier molecular flexibility index (Phi) is 9.00. The number of anilines is 2. The molecule has 0 fully saturated rings. The second-order valence-electron chi connectivity index (χ2n) is 6.96. The maximum absolute atomic E-state index is 11.8. The molecule has 0 bridgehead atoms. The Hall–Kier alpha value is -3.22. The van der Waals surface area contributed by atoms with Crippen molar-refractivity contribution in [2.24, 2.45) is 10.9 Å². The van der Waals surface area contributed by atoms with Crippen molar-refractivity contribution in [1.29, 1.82) is 0 Å². The van der Waals surface area contributed by atoms with Crippen LogP contribution in [0.1, 0.15) is 33.3 Å². The number of benzene rings is 2. The quantitative estimate of drug-likeness (QED) is 0.423. The summed E-state index contributed by atoms with van der Waals surface area (Å²) in [4.78, 5) is 16.4. The number of rotatable bonds is 9. The summed E-state index contributed by atoms with van der Waals surface area (Å²) in [6.45, 7) is 9.50. The van der Waals surface area contributed by atoms with Crippen molar-refractivity contribution < 1.29 is 14.3 Å². The number of guanidine groups is 1. The van der Waals surface area contributed by atoms with Crippen LogP contribution in [0, 0.1) is 5.92 Å². The van der Waals surface area contributed by atoms with Crippen LogP contribution in [0.2, 0.25) is 0 Å². The van der Waals surface area contributed by atoms with Crippen LogP contribution in [0.4, 0.5) is 11.4 Å². The Labute approximate surface area is 178 Å². The summed E-state index contributed by atoms with van der Waals surface area (Å²) >= 11 is 0. The van der Waals surface area contributed by atoms with E-state index in [4.69, 9.17) is 9.47 Å². The highest BCUT2D eigenvalue weighted by Gasteiger charge is 2.08. The molecule has 0 unspecified atom stereocenters. The summed E-state index contributed by atoms with van der Waals surface area (Å²) in [7, 11) is 1.62. The van der Waals surface area contributed by atoms with Gasteiger partial charge in [-0.3, -0.25) is 4.79 Å². The predicted molar refractivity (Wildman–Crippen MR) is 123 cm³/mol. The molecule has 0 radical (unpaired) electrons. The van der Waals surface area contributed by atoms with Gasteiger partial charge in [0.15, 0.2) is 17.5 Å². The van der Waals surface area contributed by atoms with E-state index in [2.05, 4.69) is 20.9 Å². The van der Waals surface area contributed by atoms with E-state index < -0.39 is 0 Å². The summed E-state index contributed by atoms with van der Waals surface area (Å²) in [5, 5.41) is 9.42. The standard InChI is InChI=1S/C23H32N4O3/c1-6-24-23(27-19-12-13-20(30-7-2)21(14-19)29-5)25-15-17-8-10-18(11-9-17)26-22(28)16(3)4/h8-14,16H,6-7,15H2,1-5H3,(H,26,28)(H2,24,25,27). The number of nitrogens with one attached hydrogen (secondary N) is 3. The fourth-order valence-corrected chi connectivity index (χ4v) is 2.61. The van der Waals surface area contributed by atoms with Gasteiger partial charge in [0, 0.05) is 29.9 Å². The topological polar surface area (TPSA) is 84.0 Å². The highest BCUT2D eigenvalue weighted by Crippen LogP contribution is 2.30. The van der Waals surface area contributed by atoms with E-state index in [0.29, 0.717) is 30.6 Å². The third-order valence-corrected chi connectivity index (χ3v) is 4.24. The molecule has 1 amide bonds. The average Bonchev–Trinajstić information content (AvgIpc) is 2.74. The number of methoxy groups -OCH3 is 1. The summed E-state index contributed by atoms with van der Waals surface area (Å²) < 4.78 is 11.0. The Bertz CT molecular complexity index is 848. The molecule has 2 aromatic carbocycles. The Morgan fingerprint density at radius 1 is 1.00 bits per heavy atom. The van der Waals surface area contributed by atoms with Crippen molar-refractivity contribution in [3.8, 4) is 11.5 Å². The van der Waals surface area contributed by atoms with Gasteiger partial charge in [-0.15, -0.1) is 0 Å². The van der Waals surface area contributed by atoms with Crippen LogP contribution in [-0.2, 0) is 11.3 Å². The van der Waals surface area contributed by atoms with Crippen molar-refractivity contribution in [3.63, 3.8) is 0 Å². The van der Waals surface area contributed by atoms with E-state index >= 15 is 0 Å². The number of hydrogen-bond acceptors (Lipinski definition) is 4. The van der Waals surface area contributed by atoms with Gasteiger partial charge < -0.3 is 25.4 Å². The zero-order chi connectivity index (χ0) is 21.9. The van der Waals surface area contributed by atoms with E-state index in [0.717, 1.165) is 23.5 Å². The fraction of sp³-hybridized carbons (Fsp3) is 0.391. The third kappa shape index (κ3) is 6.99. The Balaban J connectivity index is 2.06. The number of nitrogens with zero attached hydrogens (tertiary/aromatic N) is 1. The third-order valence-electron chi connectivity index (χ3n) is 4.24. The van der Waals surface area contributed by atoms with Crippen LogP contribution < -0.4 is 25.4 Å². The smallest absolute Gasteiger partial charge is 0.226 e. The first kappa shape index (κ1) is 23.1. The molecule has 30 heavy (non-hydrogen) atoms. The fourth-order valence-electron chi connectivity index (χ4n) is 2.61. The van der Waals surface area contributed by atoms with Gasteiger partial charge in [0.05, 0.1) is 20.3 Å². The predicted octanol–water partition coefficient (Wildman–Crippen LogP) is 4.27. The lowest BCUT2D eigenvalue weighted by molar-refractivity contribution is -0.118. The zero-order valence-electron chi connectivity index (χ0n) is 18.4. The van der Waals surface area contributed by atoms with E-state index in [1.54, 1.807) is 7.11 Å². The van der Waals surface area contributed by atoms with Crippen molar-refractivity contribution >= 4 is 23.2 Å². The minimum absolute atomic E-state index is 0.00480.